The molecule has 3 aliphatic rings. The lowest BCUT2D eigenvalue weighted by Crippen LogP contribution is -2.42. The van der Waals surface area contributed by atoms with Crippen LogP contribution >= 0.6 is 0 Å². The average Bonchev–Trinajstić information content (AvgIpc) is 3.26. The molecular weight excluding hydrogens is 336 g/mol. The minimum absolute atomic E-state index is 0.0163. The molecule has 0 saturated carbocycles. The van der Waals surface area contributed by atoms with Crippen molar-refractivity contribution in [3.05, 3.63) is 82.6 Å². The maximum Gasteiger partial charge on any atom is 0.231 e. The van der Waals surface area contributed by atoms with Crippen LogP contribution < -0.4 is 10.1 Å². The molecule has 2 aromatic rings. The summed E-state index contributed by atoms with van der Waals surface area (Å²) in [4.78, 5) is 15.3. The zero-order valence-electron chi connectivity index (χ0n) is 15.2. The van der Waals surface area contributed by atoms with Gasteiger partial charge in [-0.1, -0.05) is 42.5 Å². The molecule has 1 N–H and O–H groups in total. The third kappa shape index (κ3) is 3.01. The highest BCUT2D eigenvalue weighted by molar-refractivity contribution is 6.13. The van der Waals surface area contributed by atoms with E-state index in [0.717, 1.165) is 56.0 Å². The zero-order valence-corrected chi connectivity index (χ0v) is 15.2. The van der Waals surface area contributed by atoms with Gasteiger partial charge in [-0.3, -0.25) is 9.69 Å². The molecule has 0 amide bonds. The summed E-state index contributed by atoms with van der Waals surface area (Å²) in [6.07, 6.45) is 4.98. The van der Waals surface area contributed by atoms with Gasteiger partial charge in [-0.05, 0) is 35.3 Å². The number of nitrogens with zero attached hydrogens (tertiary/aromatic N) is 1. The summed E-state index contributed by atoms with van der Waals surface area (Å²) in [5.41, 5.74) is 5.34. The molecular formula is C23H22N2O2. The molecule has 0 unspecified atom stereocenters. The van der Waals surface area contributed by atoms with E-state index in [-0.39, 0.29) is 5.78 Å². The monoisotopic (exact) mass is 358 g/mol. The Morgan fingerprint density at radius 1 is 1.04 bits per heavy atom. The molecule has 4 nitrogen and oxygen atoms in total. The van der Waals surface area contributed by atoms with Crippen molar-refractivity contribution in [3.63, 3.8) is 0 Å². The number of hydrogen-bond acceptors (Lipinski definition) is 4. The van der Waals surface area contributed by atoms with Crippen LogP contribution in [0.25, 0.3) is 5.57 Å². The van der Waals surface area contributed by atoms with Gasteiger partial charge < -0.3 is 10.1 Å². The fourth-order valence-corrected chi connectivity index (χ4v) is 4.09. The Morgan fingerprint density at radius 2 is 1.85 bits per heavy atom. The Balaban J connectivity index is 1.43. The third-order valence-corrected chi connectivity index (χ3v) is 5.54. The Kier molecular flexibility index (Phi) is 4.15. The van der Waals surface area contributed by atoms with Crippen LogP contribution in [0.3, 0.4) is 0 Å². The van der Waals surface area contributed by atoms with Crippen LogP contribution in [0.1, 0.15) is 27.0 Å². The molecule has 1 fully saturated rings. The van der Waals surface area contributed by atoms with Crippen LogP contribution in [0, 0.1) is 0 Å². The van der Waals surface area contributed by atoms with Crippen molar-refractivity contribution in [1.82, 2.24) is 10.2 Å². The van der Waals surface area contributed by atoms with Crippen LogP contribution in [0.15, 0.2) is 60.4 Å². The van der Waals surface area contributed by atoms with Gasteiger partial charge in [0.15, 0.2) is 5.76 Å². The zero-order chi connectivity index (χ0) is 18.2. The lowest BCUT2D eigenvalue weighted by molar-refractivity contribution is 0.101. The first kappa shape index (κ1) is 16.5. The Morgan fingerprint density at radius 3 is 2.74 bits per heavy atom. The molecule has 0 spiro atoms. The Bertz CT molecular complexity index is 968. The van der Waals surface area contributed by atoms with Crippen molar-refractivity contribution in [2.75, 3.05) is 26.2 Å². The number of benzene rings is 2. The predicted octanol–water partition coefficient (Wildman–Crippen LogP) is 3.19. The summed E-state index contributed by atoms with van der Waals surface area (Å²) < 4.78 is 6.10. The van der Waals surface area contributed by atoms with E-state index < -0.39 is 0 Å². The summed E-state index contributed by atoms with van der Waals surface area (Å²) in [5, 5.41) is 3.37. The highest BCUT2D eigenvalue weighted by Gasteiger charge is 2.30. The number of para-hydroxylation sites is 1. The molecule has 4 heteroatoms. The van der Waals surface area contributed by atoms with Crippen LogP contribution in [-0.2, 0) is 13.0 Å². The maximum atomic E-state index is 12.9. The SMILES string of the molecule is O=C1/C(=C/C2=CCc3ccccc32)Oc2c(CN3CCNCC3)cccc21. The van der Waals surface area contributed by atoms with E-state index >= 15 is 0 Å². The molecule has 2 aliphatic heterocycles. The molecule has 136 valence electrons. The number of Topliss-reactive ketones (excluding diaryl/α,β-unsaturated/α-hetero) is 1. The topological polar surface area (TPSA) is 41.6 Å². The van der Waals surface area contributed by atoms with E-state index in [0.29, 0.717) is 11.3 Å². The lowest BCUT2D eigenvalue weighted by Gasteiger charge is -2.27. The number of hydrogen-bond donors (Lipinski definition) is 1. The fraction of sp³-hybridized carbons (Fsp3) is 0.261. The normalized spacial score (nSPS) is 20.4. The van der Waals surface area contributed by atoms with Crippen molar-refractivity contribution < 1.29 is 9.53 Å². The number of piperazine rings is 1. The highest BCUT2D eigenvalue weighted by atomic mass is 16.5. The van der Waals surface area contributed by atoms with E-state index in [2.05, 4.69) is 40.6 Å². The van der Waals surface area contributed by atoms with E-state index in [1.54, 1.807) is 0 Å². The molecule has 27 heavy (non-hydrogen) atoms. The number of ether oxygens (including phenoxy) is 1. The van der Waals surface area contributed by atoms with Crippen LogP contribution in [0.4, 0.5) is 0 Å². The van der Waals surface area contributed by atoms with Gasteiger partial charge >= 0.3 is 0 Å². The minimum Gasteiger partial charge on any atom is -0.452 e. The summed E-state index contributed by atoms with van der Waals surface area (Å²) in [5.74, 6) is 1.15. The maximum absolute atomic E-state index is 12.9. The molecule has 1 saturated heterocycles. The highest BCUT2D eigenvalue weighted by Crippen LogP contribution is 2.37. The van der Waals surface area contributed by atoms with Gasteiger partial charge in [-0.2, -0.15) is 0 Å². The summed E-state index contributed by atoms with van der Waals surface area (Å²) in [7, 11) is 0. The van der Waals surface area contributed by atoms with Crippen molar-refractivity contribution in [2.24, 2.45) is 0 Å². The molecule has 0 aromatic heterocycles. The first-order valence-electron chi connectivity index (χ1n) is 9.57. The number of fused-ring (bicyclic) bond motifs is 2. The Labute approximate surface area is 159 Å². The fourth-order valence-electron chi connectivity index (χ4n) is 4.09. The lowest BCUT2D eigenvalue weighted by atomic mass is 10.0. The summed E-state index contributed by atoms with van der Waals surface area (Å²) in [6.45, 7) is 4.87. The van der Waals surface area contributed by atoms with E-state index in [9.17, 15) is 4.79 Å². The van der Waals surface area contributed by atoms with E-state index in [1.165, 1.54) is 11.1 Å². The minimum atomic E-state index is -0.0163. The number of rotatable bonds is 3. The first-order chi connectivity index (χ1) is 13.3. The quantitative estimate of drug-likeness (QED) is 0.856. The second-order valence-corrected chi connectivity index (χ2v) is 7.28. The third-order valence-electron chi connectivity index (χ3n) is 5.54. The Hall–Kier alpha value is -2.69. The van der Waals surface area contributed by atoms with Crippen LogP contribution in [0.2, 0.25) is 0 Å². The van der Waals surface area contributed by atoms with Crippen molar-refractivity contribution in [3.8, 4) is 5.75 Å². The smallest absolute Gasteiger partial charge is 0.231 e. The second kappa shape index (κ2) is 6.80. The van der Waals surface area contributed by atoms with Gasteiger partial charge in [0, 0.05) is 38.3 Å². The van der Waals surface area contributed by atoms with Crippen molar-refractivity contribution >= 4 is 11.4 Å². The van der Waals surface area contributed by atoms with Crippen molar-refractivity contribution in [2.45, 2.75) is 13.0 Å². The number of ketones is 1. The molecule has 0 bridgehead atoms. The van der Waals surface area contributed by atoms with Gasteiger partial charge in [0.1, 0.15) is 5.75 Å². The summed E-state index contributed by atoms with van der Waals surface area (Å²) in [6, 6.07) is 14.2. The molecule has 0 radical (unpaired) electrons. The van der Waals surface area contributed by atoms with Gasteiger partial charge in [0.05, 0.1) is 5.56 Å². The standard InChI is InChI=1S/C23H22N2O2/c26-22-20-7-3-5-18(15-25-12-10-24-11-13-25)23(20)27-21(22)14-17-9-8-16-4-1-2-6-19(16)17/h1-7,9,14,24H,8,10-13,15H2/b21-14-. The number of carbonyl (C=O) groups excluding carboxylic acids is 1. The number of allylic oxidation sites excluding steroid dienone is 4. The van der Waals surface area contributed by atoms with Gasteiger partial charge in [0.2, 0.25) is 5.78 Å². The van der Waals surface area contributed by atoms with Gasteiger partial charge in [0.25, 0.3) is 0 Å². The van der Waals surface area contributed by atoms with Gasteiger partial charge in [-0.25, -0.2) is 0 Å². The predicted molar refractivity (Wildman–Crippen MR) is 106 cm³/mol. The largest absolute Gasteiger partial charge is 0.452 e. The number of nitrogens with one attached hydrogen (secondary N) is 1. The van der Waals surface area contributed by atoms with E-state index in [1.807, 2.05) is 24.3 Å². The van der Waals surface area contributed by atoms with E-state index in [4.69, 9.17) is 4.74 Å². The summed E-state index contributed by atoms with van der Waals surface area (Å²) >= 11 is 0. The van der Waals surface area contributed by atoms with Crippen LogP contribution in [-0.4, -0.2) is 36.9 Å². The molecule has 0 atom stereocenters. The molecule has 2 heterocycles. The molecule has 1 aliphatic carbocycles. The second-order valence-electron chi connectivity index (χ2n) is 7.28. The van der Waals surface area contributed by atoms with Crippen LogP contribution in [0.5, 0.6) is 5.75 Å². The molecule has 2 aromatic carbocycles. The van der Waals surface area contributed by atoms with Crippen molar-refractivity contribution in [1.29, 1.82) is 0 Å². The average molecular weight is 358 g/mol. The first-order valence-corrected chi connectivity index (χ1v) is 9.57. The van der Waals surface area contributed by atoms with Gasteiger partial charge in [-0.15, -0.1) is 0 Å². The molecule has 5 rings (SSSR count). The number of carbonyl (C=O) groups is 1.